The van der Waals surface area contributed by atoms with Gasteiger partial charge in [-0.1, -0.05) is 115 Å². The van der Waals surface area contributed by atoms with Gasteiger partial charge < -0.3 is 14.0 Å². The Morgan fingerprint density at radius 3 is 1.62 bits per heavy atom. The van der Waals surface area contributed by atoms with Crippen molar-refractivity contribution in [2.45, 2.75) is 0 Å². The van der Waals surface area contributed by atoms with Crippen LogP contribution in [-0.4, -0.2) is 9.13 Å². The number of hydrogen-bond donors (Lipinski definition) is 0. The summed E-state index contributed by atoms with van der Waals surface area (Å²) in [6, 6.07) is 73.2. The molecule has 0 aliphatic carbocycles. The highest BCUT2D eigenvalue weighted by Crippen LogP contribution is 2.48. The molecule has 9 aromatic carbocycles. The molecule has 3 nitrogen and oxygen atoms in total. The van der Waals surface area contributed by atoms with E-state index >= 15 is 0 Å². The molecule has 12 aromatic rings. The minimum atomic E-state index is 1.10. The monoisotopic (exact) mass is 731 g/mol. The zero-order valence-corrected chi connectivity index (χ0v) is 31.1. The third-order valence-corrected chi connectivity index (χ3v) is 12.6. The normalized spacial score (nSPS) is 11.9. The van der Waals surface area contributed by atoms with Crippen molar-refractivity contribution in [3.05, 3.63) is 200 Å². The van der Waals surface area contributed by atoms with E-state index in [-0.39, 0.29) is 0 Å². The molecular weight excluding hydrogens is 699 g/mol. The molecule has 0 unspecified atom stereocenters. The Hall–Kier alpha value is -7.14. The Morgan fingerprint density at radius 1 is 0.321 bits per heavy atom. The third-order valence-electron chi connectivity index (χ3n) is 11.5. The molecule has 56 heavy (non-hydrogen) atoms. The third kappa shape index (κ3) is 4.51. The molecule has 0 amide bonds. The van der Waals surface area contributed by atoms with Gasteiger partial charge in [0.2, 0.25) is 0 Å². The van der Waals surface area contributed by atoms with Crippen LogP contribution in [0.5, 0.6) is 0 Å². The second-order valence-corrected chi connectivity index (χ2v) is 15.6. The lowest BCUT2D eigenvalue weighted by molar-refractivity contribution is 1.17. The molecule has 0 spiro atoms. The van der Waals surface area contributed by atoms with E-state index in [9.17, 15) is 0 Å². The first kappa shape index (κ1) is 31.2. The van der Waals surface area contributed by atoms with Crippen molar-refractivity contribution in [2.24, 2.45) is 0 Å². The minimum Gasteiger partial charge on any atom is -0.309 e. The van der Waals surface area contributed by atoms with E-state index in [1.165, 1.54) is 80.2 Å². The van der Waals surface area contributed by atoms with Crippen LogP contribution in [0.25, 0.3) is 85.9 Å². The summed E-state index contributed by atoms with van der Waals surface area (Å²) in [5.74, 6) is 0. The number of fused-ring (bicyclic) bond motifs is 11. The topological polar surface area (TPSA) is 13.1 Å². The van der Waals surface area contributed by atoms with Crippen molar-refractivity contribution in [3.63, 3.8) is 0 Å². The van der Waals surface area contributed by atoms with E-state index in [2.05, 4.69) is 214 Å². The molecule has 0 fully saturated rings. The molecule has 0 aliphatic rings. The summed E-state index contributed by atoms with van der Waals surface area (Å²) in [6.07, 6.45) is 0. The highest BCUT2D eigenvalue weighted by atomic mass is 32.1. The molecule has 3 aromatic heterocycles. The average molecular weight is 732 g/mol. The fourth-order valence-electron chi connectivity index (χ4n) is 9.16. The van der Waals surface area contributed by atoms with Gasteiger partial charge in [0, 0.05) is 58.8 Å². The zero-order chi connectivity index (χ0) is 36.7. The maximum absolute atomic E-state index is 2.49. The van der Waals surface area contributed by atoms with E-state index in [1.807, 2.05) is 11.3 Å². The van der Waals surface area contributed by atoms with E-state index in [0.717, 1.165) is 22.7 Å². The van der Waals surface area contributed by atoms with Gasteiger partial charge in [0.1, 0.15) is 0 Å². The van der Waals surface area contributed by atoms with Crippen molar-refractivity contribution >= 4 is 103 Å². The summed E-state index contributed by atoms with van der Waals surface area (Å²) in [5.41, 5.74) is 10.5. The number of para-hydroxylation sites is 3. The molecule has 0 atom stereocenters. The molecule has 0 N–H and O–H groups in total. The smallest absolute Gasteiger partial charge is 0.0562 e. The van der Waals surface area contributed by atoms with Crippen molar-refractivity contribution in [1.29, 1.82) is 0 Å². The Bertz CT molecular complexity index is 3480. The highest BCUT2D eigenvalue weighted by Gasteiger charge is 2.24. The van der Waals surface area contributed by atoms with Gasteiger partial charge in [-0.05, 0) is 95.7 Å². The van der Waals surface area contributed by atoms with Crippen LogP contribution in [0.15, 0.2) is 200 Å². The fraction of sp³-hybridized carbons (Fsp3) is 0. The summed E-state index contributed by atoms with van der Waals surface area (Å²) in [4.78, 5) is 2.49. The highest BCUT2D eigenvalue weighted by molar-refractivity contribution is 7.26. The molecular formula is C52H33N3S. The molecule has 0 saturated heterocycles. The first-order chi connectivity index (χ1) is 27.8. The van der Waals surface area contributed by atoms with Gasteiger partial charge in [0.15, 0.2) is 0 Å². The van der Waals surface area contributed by atoms with Gasteiger partial charge in [-0.15, -0.1) is 11.3 Å². The molecule has 0 radical (unpaired) electrons. The summed E-state index contributed by atoms with van der Waals surface area (Å²) < 4.78 is 7.40. The Labute approximate surface area is 327 Å². The van der Waals surface area contributed by atoms with Gasteiger partial charge in [-0.2, -0.15) is 0 Å². The van der Waals surface area contributed by atoms with Crippen LogP contribution in [0.3, 0.4) is 0 Å². The Kier molecular flexibility index (Phi) is 6.80. The zero-order valence-electron chi connectivity index (χ0n) is 30.3. The number of nitrogens with zero attached hydrogens (tertiary/aromatic N) is 3. The van der Waals surface area contributed by atoms with Crippen LogP contribution >= 0.6 is 11.3 Å². The van der Waals surface area contributed by atoms with Crippen molar-refractivity contribution in [3.8, 4) is 11.4 Å². The lowest BCUT2D eigenvalue weighted by Crippen LogP contribution is -2.11. The number of aromatic nitrogens is 2. The second-order valence-electron chi connectivity index (χ2n) is 14.5. The van der Waals surface area contributed by atoms with Gasteiger partial charge >= 0.3 is 0 Å². The quantitative estimate of drug-likeness (QED) is 0.172. The van der Waals surface area contributed by atoms with Gasteiger partial charge in [-0.3, -0.25) is 0 Å². The second kappa shape index (κ2) is 12.2. The van der Waals surface area contributed by atoms with Crippen LogP contribution in [-0.2, 0) is 0 Å². The van der Waals surface area contributed by atoms with Gasteiger partial charge in [0.05, 0.1) is 33.4 Å². The first-order valence-electron chi connectivity index (χ1n) is 19.1. The van der Waals surface area contributed by atoms with E-state index < -0.39 is 0 Å². The molecule has 3 heterocycles. The van der Waals surface area contributed by atoms with E-state index in [1.54, 1.807) is 0 Å². The predicted octanol–water partition coefficient (Wildman–Crippen LogP) is 14.9. The number of thiophene rings is 1. The molecule has 4 heteroatoms. The minimum absolute atomic E-state index is 1.10. The van der Waals surface area contributed by atoms with E-state index in [4.69, 9.17) is 0 Å². The van der Waals surface area contributed by atoms with Gasteiger partial charge in [0.25, 0.3) is 0 Å². The van der Waals surface area contributed by atoms with Crippen molar-refractivity contribution in [1.82, 2.24) is 9.13 Å². The maximum Gasteiger partial charge on any atom is 0.0562 e. The molecule has 262 valence electrons. The average Bonchev–Trinajstić information content (AvgIpc) is 3.93. The first-order valence-corrected chi connectivity index (χ1v) is 19.9. The summed E-state index contributed by atoms with van der Waals surface area (Å²) >= 11 is 1.86. The standard InChI is InChI=1S/C52H33N3S/c1-2-15-35(16-3-1)53-43-22-10-7-19-40(43)51-44(53)23-12-24-45(51)55(46-25-13-27-49-52(46)41-20-8-11-26-48(41)56-49)37-31-29-36(30-32-37)54-42-21-9-6-18-39(42)50-38-17-5-4-14-34(38)28-33-47(50)54/h1-33H. The summed E-state index contributed by atoms with van der Waals surface area (Å²) in [6.45, 7) is 0. The van der Waals surface area contributed by atoms with Crippen molar-refractivity contribution in [2.75, 3.05) is 4.90 Å². The molecule has 0 saturated carbocycles. The molecule has 0 bridgehead atoms. The predicted molar refractivity (Wildman–Crippen MR) is 240 cm³/mol. The fourth-order valence-corrected chi connectivity index (χ4v) is 10.3. The summed E-state index contributed by atoms with van der Waals surface area (Å²) in [7, 11) is 0. The van der Waals surface area contributed by atoms with Crippen LogP contribution in [0.2, 0.25) is 0 Å². The summed E-state index contributed by atoms with van der Waals surface area (Å²) in [5, 5.41) is 10.1. The largest absolute Gasteiger partial charge is 0.309 e. The maximum atomic E-state index is 2.49. The number of benzene rings is 9. The Balaban J connectivity index is 1.13. The number of hydrogen-bond acceptors (Lipinski definition) is 2. The lowest BCUT2D eigenvalue weighted by atomic mass is 10.0. The van der Waals surface area contributed by atoms with Crippen LogP contribution in [0.4, 0.5) is 17.1 Å². The molecule has 0 aliphatic heterocycles. The number of anilines is 3. The van der Waals surface area contributed by atoms with Crippen LogP contribution < -0.4 is 4.90 Å². The SMILES string of the molecule is c1ccc(-n2c3ccccc3c3c(N(c4ccc(-n5c6ccccc6c6c7ccccc7ccc65)cc4)c4cccc5sc6ccccc6c45)cccc32)cc1. The van der Waals surface area contributed by atoms with Crippen molar-refractivity contribution < 1.29 is 0 Å². The van der Waals surface area contributed by atoms with Gasteiger partial charge in [-0.25, -0.2) is 0 Å². The van der Waals surface area contributed by atoms with E-state index in [0.29, 0.717) is 0 Å². The lowest BCUT2D eigenvalue weighted by Gasteiger charge is -2.28. The number of rotatable bonds is 5. The van der Waals surface area contributed by atoms with Crippen LogP contribution in [0.1, 0.15) is 0 Å². The molecule has 12 rings (SSSR count). The Morgan fingerprint density at radius 2 is 0.857 bits per heavy atom. The van der Waals surface area contributed by atoms with Crippen LogP contribution in [0, 0.1) is 0 Å².